The molecule has 4 rings (SSSR count). The van der Waals surface area contributed by atoms with Crippen LogP contribution in [0.3, 0.4) is 0 Å². The third kappa shape index (κ3) is 2.49. The molecular weight excluding hydrogens is 314 g/mol. The zero-order valence-electron chi connectivity index (χ0n) is 13.2. The Balaban J connectivity index is 1.52. The highest BCUT2D eigenvalue weighted by Gasteiger charge is 2.33. The molecule has 2 aliphatic heterocycles. The smallest absolute Gasteiger partial charge is 0.267 e. The molecule has 1 atom stereocenters. The van der Waals surface area contributed by atoms with Crippen molar-refractivity contribution >= 4 is 17.2 Å². The van der Waals surface area contributed by atoms with E-state index in [1.54, 1.807) is 0 Å². The van der Waals surface area contributed by atoms with Crippen molar-refractivity contribution in [2.24, 2.45) is 0 Å². The van der Waals surface area contributed by atoms with Gasteiger partial charge in [-0.3, -0.25) is 9.48 Å². The SMILES string of the molecule is Cc1cc(C)n([C@@H]2CCN(C(=O)c3scc4c3OCCO4)C2)n1. The first kappa shape index (κ1) is 14.6. The fourth-order valence-electron chi connectivity index (χ4n) is 3.30. The number of hydrogen-bond donors (Lipinski definition) is 0. The van der Waals surface area contributed by atoms with Crippen LogP contribution in [0.4, 0.5) is 0 Å². The highest BCUT2D eigenvalue weighted by atomic mass is 32.1. The number of nitrogens with zero attached hydrogens (tertiary/aromatic N) is 3. The Labute approximate surface area is 138 Å². The van der Waals surface area contributed by atoms with Crippen LogP contribution in [0.1, 0.15) is 33.5 Å². The summed E-state index contributed by atoms with van der Waals surface area (Å²) in [6.07, 6.45) is 0.929. The lowest BCUT2D eigenvalue weighted by molar-refractivity contribution is 0.0783. The van der Waals surface area contributed by atoms with Gasteiger partial charge in [0.1, 0.15) is 18.1 Å². The Hall–Kier alpha value is -2.02. The molecule has 1 amide bonds. The lowest BCUT2D eigenvalue weighted by Crippen LogP contribution is -2.29. The number of thiophene rings is 1. The number of aryl methyl sites for hydroxylation is 2. The fraction of sp³-hybridized carbons (Fsp3) is 0.500. The minimum Gasteiger partial charge on any atom is -0.485 e. The van der Waals surface area contributed by atoms with E-state index in [0.29, 0.717) is 36.1 Å². The summed E-state index contributed by atoms with van der Waals surface area (Å²) < 4.78 is 13.2. The van der Waals surface area contributed by atoms with Crippen molar-refractivity contribution in [3.63, 3.8) is 0 Å². The van der Waals surface area contributed by atoms with E-state index in [4.69, 9.17) is 9.47 Å². The summed E-state index contributed by atoms with van der Waals surface area (Å²) in [5.74, 6) is 1.34. The molecule has 0 spiro atoms. The summed E-state index contributed by atoms with van der Waals surface area (Å²) in [5.41, 5.74) is 2.16. The van der Waals surface area contributed by atoms with Crippen molar-refractivity contribution < 1.29 is 14.3 Å². The second kappa shape index (κ2) is 5.56. The zero-order valence-corrected chi connectivity index (χ0v) is 14.1. The van der Waals surface area contributed by atoms with Gasteiger partial charge in [0.2, 0.25) is 0 Å². The number of carbonyl (C=O) groups excluding carboxylic acids is 1. The van der Waals surface area contributed by atoms with Gasteiger partial charge in [0.25, 0.3) is 5.91 Å². The second-order valence-electron chi connectivity index (χ2n) is 6.02. The molecule has 23 heavy (non-hydrogen) atoms. The van der Waals surface area contributed by atoms with Crippen LogP contribution in [0.5, 0.6) is 11.5 Å². The normalized spacial score (nSPS) is 20.1. The molecule has 0 unspecified atom stereocenters. The Morgan fingerprint density at radius 2 is 2.17 bits per heavy atom. The van der Waals surface area contributed by atoms with E-state index in [2.05, 4.69) is 18.1 Å². The molecule has 2 aromatic rings. The number of carbonyl (C=O) groups is 1. The van der Waals surface area contributed by atoms with E-state index >= 15 is 0 Å². The molecule has 2 aliphatic rings. The van der Waals surface area contributed by atoms with E-state index in [1.807, 2.05) is 21.9 Å². The number of aromatic nitrogens is 2. The molecule has 0 radical (unpaired) electrons. The van der Waals surface area contributed by atoms with Gasteiger partial charge in [-0.25, -0.2) is 0 Å². The summed E-state index contributed by atoms with van der Waals surface area (Å²) in [5, 5.41) is 6.41. The molecule has 122 valence electrons. The number of likely N-dealkylation sites (tertiary alicyclic amines) is 1. The molecule has 0 bridgehead atoms. The molecule has 1 fully saturated rings. The van der Waals surface area contributed by atoms with Crippen molar-refractivity contribution in [1.29, 1.82) is 0 Å². The van der Waals surface area contributed by atoms with E-state index in [-0.39, 0.29) is 11.9 Å². The topological polar surface area (TPSA) is 56.6 Å². The molecule has 0 aliphatic carbocycles. The average molecular weight is 333 g/mol. The molecule has 0 aromatic carbocycles. The van der Waals surface area contributed by atoms with E-state index in [9.17, 15) is 4.79 Å². The van der Waals surface area contributed by atoms with Gasteiger partial charge < -0.3 is 14.4 Å². The van der Waals surface area contributed by atoms with Crippen molar-refractivity contribution in [3.8, 4) is 11.5 Å². The van der Waals surface area contributed by atoms with Gasteiger partial charge in [0, 0.05) is 24.2 Å². The molecular formula is C16H19N3O3S. The van der Waals surface area contributed by atoms with Crippen LogP contribution in [0.15, 0.2) is 11.4 Å². The van der Waals surface area contributed by atoms with Crippen molar-refractivity contribution in [3.05, 3.63) is 27.7 Å². The predicted octanol–water partition coefficient (Wildman–Crippen LogP) is 2.42. The maximum Gasteiger partial charge on any atom is 0.267 e. The Morgan fingerprint density at radius 1 is 1.35 bits per heavy atom. The first-order valence-corrected chi connectivity index (χ1v) is 8.70. The summed E-state index contributed by atoms with van der Waals surface area (Å²) in [6.45, 7) is 6.53. The predicted molar refractivity (Wildman–Crippen MR) is 86.6 cm³/mol. The molecule has 2 aromatic heterocycles. The second-order valence-corrected chi connectivity index (χ2v) is 6.90. The summed E-state index contributed by atoms with van der Waals surface area (Å²) in [7, 11) is 0. The van der Waals surface area contributed by atoms with E-state index < -0.39 is 0 Å². The monoisotopic (exact) mass is 333 g/mol. The number of amides is 1. The van der Waals surface area contributed by atoms with Crippen LogP contribution in [0.25, 0.3) is 0 Å². The van der Waals surface area contributed by atoms with Crippen LogP contribution < -0.4 is 9.47 Å². The number of ether oxygens (including phenoxy) is 2. The fourth-order valence-corrected chi connectivity index (χ4v) is 4.19. The first-order chi connectivity index (χ1) is 11.1. The van der Waals surface area contributed by atoms with Crippen LogP contribution in [-0.4, -0.2) is 46.9 Å². The molecule has 4 heterocycles. The van der Waals surface area contributed by atoms with Crippen LogP contribution >= 0.6 is 11.3 Å². The van der Waals surface area contributed by atoms with Gasteiger partial charge in [-0.2, -0.15) is 5.10 Å². The zero-order chi connectivity index (χ0) is 16.0. The molecule has 7 heteroatoms. The van der Waals surface area contributed by atoms with Gasteiger partial charge in [0.05, 0.1) is 11.7 Å². The third-order valence-electron chi connectivity index (χ3n) is 4.34. The van der Waals surface area contributed by atoms with Crippen LogP contribution in [-0.2, 0) is 0 Å². The highest BCUT2D eigenvalue weighted by molar-refractivity contribution is 7.12. The van der Waals surface area contributed by atoms with Crippen molar-refractivity contribution in [2.45, 2.75) is 26.3 Å². The number of rotatable bonds is 2. The van der Waals surface area contributed by atoms with Crippen LogP contribution in [0, 0.1) is 13.8 Å². The largest absolute Gasteiger partial charge is 0.485 e. The molecule has 0 saturated carbocycles. The average Bonchev–Trinajstić information content (AvgIpc) is 3.24. The standard InChI is InChI=1S/C16H19N3O3S/c1-10-7-11(2)19(17-10)12-3-4-18(8-12)16(20)15-14-13(9-23-15)21-5-6-22-14/h7,9,12H,3-6,8H2,1-2H3/t12-/m1/s1. The van der Waals surface area contributed by atoms with Crippen molar-refractivity contribution in [1.82, 2.24) is 14.7 Å². The van der Waals surface area contributed by atoms with Gasteiger partial charge in [-0.1, -0.05) is 0 Å². The molecule has 1 saturated heterocycles. The minimum absolute atomic E-state index is 0.0331. The Morgan fingerprint density at radius 3 is 2.96 bits per heavy atom. The maximum absolute atomic E-state index is 12.8. The first-order valence-electron chi connectivity index (χ1n) is 7.82. The maximum atomic E-state index is 12.8. The van der Waals surface area contributed by atoms with Gasteiger partial charge >= 0.3 is 0 Å². The third-order valence-corrected chi connectivity index (χ3v) is 5.26. The lowest BCUT2D eigenvalue weighted by atomic mass is 10.2. The van der Waals surface area contributed by atoms with E-state index in [1.165, 1.54) is 11.3 Å². The highest BCUT2D eigenvalue weighted by Crippen LogP contribution is 2.40. The minimum atomic E-state index is 0.0331. The number of fused-ring (bicyclic) bond motifs is 1. The lowest BCUT2D eigenvalue weighted by Gasteiger charge is -2.19. The van der Waals surface area contributed by atoms with Gasteiger partial charge in [0.15, 0.2) is 11.5 Å². The summed E-state index contributed by atoms with van der Waals surface area (Å²) >= 11 is 1.40. The summed E-state index contributed by atoms with van der Waals surface area (Å²) in [6, 6.07) is 2.33. The van der Waals surface area contributed by atoms with Crippen molar-refractivity contribution in [2.75, 3.05) is 26.3 Å². The van der Waals surface area contributed by atoms with Gasteiger partial charge in [-0.15, -0.1) is 11.3 Å². The molecule has 6 nitrogen and oxygen atoms in total. The quantitative estimate of drug-likeness (QED) is 0.847. The Bertz CT molecular complexity index is 752. The molecule has 0 N–H and O–H groups in total. The van der Waals surface area contributed by atoms with E-state index in [0.717, 1.165) is 24.4 Å². The number of hydrogen-bond acceptors (Lipinski definition) is 5. The van der Waals surface area contributed by atoms with Crippen LogP contribution in [0.2, 0.25) is 0 Å². The Kier molecular flexibility index (Phi) is 3.52. The van der Waals surface area contributed by atoms with Gasteiger partial charge in [-0.05, 0) is 26.3 Å². The summed E-state index contributed by atoms with van der Waals surface area (Å²) in [4.78, 5) is 15.4.